The SMILES string of the molecule is COC1CC(C(=N)N(C(C)=N)c2cc3c(cc2NC=O)C(=O)Nc2ncc(Br)cc2CCC3)C1. The van der Waals surface area contributed by atoms with Crippen molar-refractivity contribution in [3.05, 3.63) is 45.6 Å². The van der Waals surface area contributed by atoms with Gasteiger partial charge in [0, 0.05) is 29.3 Å². The van der Waals surface area contributed by atoms with E-state index in [1.54, 1.807) is 31.2 Å². The number of amides is 2. The van der Waals surface area contributed by atoms with E-state index in [1.165, 1.54) is 0 Å². The Labute approximate surface area is 206 Å². The van der Waals surface area contributed by atoms with Crippen molar-refractivity contribution in [1.82, 2.24) is 4.98 Å². The van der Waals surface area contributed by atoms with Gasteiger partial charge in [0.05, 0.1) is 17.5 Å². The zero-order valence-electron chi connectivity index (χ0n) is 19.1. The maximum absolute atomic E-state index is 13.2. The number of aryl methyl sites for hydroxylation is 2. The zero-order chi connectivity index (χ0) is 24.4. The summed E-state index contributed by atoms with van der Waals surface area (Å²) in [5.41, 5.74) is 3.04. The van der Waals surface area contributed by atoms with Gasteiger partial charge in [0.1, 0.15) is 17.5 Å². The average molecular weight is 527 g/mol. The lowest BCUT2D eigenvalue weighted by Crippen LogP contribution is -2.46. The number of nitrogens with one attached hydrogen (secondary N) is 4. The van der Waals surface area contributed by atoms with Gasteiger partial charge < -0.3 is 15.4 Å². The van der Waals surface area contributed by atoms with E-state index in [-0.39, 0.29) is 29.6 Å². The Bertz CT molecular complexity index is 1160. The Hall–Kier alpha value is -3.11. The molecule has 1 aliphatic carbocycles. The molecule has 0 bridgehead atoms. The number of hydrogen-bond acceptors (Lipinski definition) is 6. The first-order valence-corrected chi connectivity index (χ1v) is 11.9. The third-order valence-corrected chi connectivity index (χ3v) is 6.80. The highest BCUT2D eigenvalue weighted by Gasteiger charge is 2.36. The Kier molecular flexibility index (Phi) is 7.08. The van der Waals surface area contributed by atoms with Gasteiger partial charge in [-0.15, -0.1) is 0 Å². The molecule has 0 atom stereocenters. The summed E-state index contributed by atoms with van der Waals surface area (Å²) in [7, 11) is 1.66. The highest BCUT2D eigenvalue weighted by molar-refractivity contribution is 9.10. The van der Waals surface area contributed by atoms with Gasteiger partial charge in [0.2, 0.25) is 6.41 Å². The first-order chi connectivity index (χ1) is 16.3. The molecule has 10 heteroatoms. The minimum atomic E-state index is -0.316. The molecule has 1 saturated carbocycles. The predicted octanol–water partition coefficient (Wildman–Crippen LogP) is 4.36. The second-order valence-electron chi connectivity index (χ2n) is 8.59. The Morgan fingerprint density at radius 2 is 2.00 bits per heavy atom. The molecule has 0 saturated heterocycles. The molecule has 178 valence electrons. The number of hydrogen-bond donors (Lipinski definition) is 4. The Morgan fingerprint density at radius 3 is 2.68 bits per heavy atom. The van der Waals surface area contributed by atoms with Crippen LogP contribution < -0.4 is 15.5 Å². The number of anilines is 3. The first kappa shape index (κ1) is 24.0. The van der Waals surface area contributed by atoms with E-state index >= 15 is 0 Å². The highest BCUT2D eigenvalue weighted by atomic mass is 79.9. The smallest absolute Gasteiger partial charge is 0.257 e. The summed E-state index contributed by atoms with van der Waals surface area (Å²) in [5, 5.41) is 22.7. The quantitative estimate of drug-likeness (QED) is 0.261. The molecule has 9 nitrogen and oxygen atoms in total. The standard InChI is InChI=1S/C24H27BrN6O3/c1-13(26)31(22(27)16-7-18(8-16)34-2)21-9-14-4-3-5-15-6-17(25)11-28-23(15)30-24(33)19(14)10-20(21)29-12-32/h6,9-12,16,18,26-27H,3-5,7-8H2,1-2H3,(H,29,32)(H,28,30,33). The fraction of sp³-hybridized carbons (Fsp3) is 0.375. The highest BCUT2D eigenvalue weighted by Crippen LogP contribution is 2.37. The molecule has 0 radical (unpaired) electrons. The number of methoxy groups -OCH3 is 1. The summed E-state index contributed by atoms with van der Waals surface area (Å²) in [6.07, 6.45) is 5.86. The molecular weight excluding hydrogens is 500 g/mol. The molecule has 1 aromatic carbocycles. The first-order valence-electron chi connectivity index (χ1n) is 11.1. The number of benzene rings is 1. The molecule has 2 amide bonds. The second kappa shape index (κ2) is 10.0. The van der Waals surface area contributed by atoms with Crippen LogP contribution in [0.3, 0.4) is 0 Å². The summed E-state index contributed by atoms with van der Waals surface area (Å²) < 4.78 is 6.20. The van der Waals surface area contributed by atoms with Crippen LogP contribution in [0.4, 0.5) is 17.2 Å². The van der Waals surface area contributed by atoms with E-state index in [9.17, 15) is 9.59 Å². The number of pyridine rings is 1. The van der Waals surface area contributed by atoms with Crippen LogP contribution in [0.1, 0.15) is 47.7 Å². The molecule has 1 aromatic heterocycles. The lowest BCUT2D eigenvalue weighted by Gasteiger charge is -2.39. The zero-order valence-corrected chi connectivity index (χ0v) is 20.7. The van der Waals surface area contributed by atoms with Gasteiger partial charge in [-0.2, -0.15) is 0 Å². The van der Waals surface area contributed by atoms with Crippen LogP contribution in [0, 0.1) is 16.7 Å². The number of fused-ring (bicyclic) bond motifs is 2. The van der Waals surface area contributed by atoms with Crippen LogP contribution in [0.25, 0.3) is 0 Å². The van der Waals surface area contributed by atoms with Crippen LogP contribution in [0.2, 0.25) is 0 Å². The molecule has 34 heavy (non-hydrogen) atoms. The Balaban J connectivity index is 1.74. The van der Waals surface area contributed by atoms with Crippen molar-refractivity contribution in [2.45, 2.75) is 45.1 Å². The van der Waals surface area contributed by atoms with Crippen LogP contribution in [-0.4, -0.2) is 42.2 Å². The van der Waals surface area contributed by atoms with Crippen LogP contribution in [0.15, 0.2) is 28.9 Å². The van der Waals surface area contributed by atoms with Crippen molar-refractivity contribution in [1.29, 1.82) is 10.8 Å². The van der Waals surface area contributed by atoms with E-state index in [1.807, 2.05) is 12.1 Å². The molecule has 2 aliphatic rings. The molecular formula is C24H27BrN6O3. The number of aromatic nitrogens is 1. The predicted molar refractivity (Wildman–Crippen MR) is 135 cm³/mol. The fourth-order valence-electron chi connectivity index (χ4n) is 4.50. The minimum absolute atomic E-state index is 0.0399. The Morgan fingerprint density at radius 1 is 1.26 bits per heavy atom. The van der Waals surface area contributed by atoms with Crippen molar-refractivity contribution in [3.8, 4) is 0 Å². The van der Waals surface area contributed by atoms with Gasteiger partial charge in [-0.25, -0.2) is 4.98 Å². The van der Waals surface area contributed by atoms with E-state index in [2.05, 4.69) is 31.5 Å². The lowest BCUT2D eigenvalue weighted by atomic mass is 9.80. The molecule has 0 unspecified atom stereocenters. The number of nitrogens with zero attached hydrogens (tertiary/aromatic N) is 2. The largest absolute Gasteiger partial charge is 0.381 e. The van der Waals surface area contributed by atoms with Crippen LogP contribution >= 0.6 is 15.9 Å². The van der Waals surface area contributed by atoms with Crippen molar-refractivity contribution in [3.63, 3.8) is 0 Å². The average Bonchev–Trinajstić information content (AvgIpc) is 2.81. The van der Waals surface area contributed by atoms with Gasteiger partial charge >= 0.3 is 0 Å². The van der Waals surface area contributed by atoms with Gasteiger partial charge in [0.25, 0.3) is 5.91 Å². The van der Waals surface area contributed by atoms with Gasteiger partial charge in [-0.05, 0) is 84.3 Å². The molecule has 4 rings (SSSR count). The summed E-state index contributed by atoms with van der Waals surface area (Å²) in [6, 6.07) is 5.40. The molecule has 1 aliphatic heterocycles. The third-order valence-electron chi connectivity index (χ3n) is 6.37. The minimum Gasteiger partial charge on any atom is -0.381 e. The maximum atomic E-state index is 13.2. The van der Waals surface area contributed by atoms with Crippen molar-refractivity contribution in [2.24, 2.45) is 5.92 Å². The van der Waals surface area contributed by atoms with Crippen LogP contribution in [-0.2, 0) is 22.4 Å². The molecule has 2 heterocycles. The van der Waals surface area contributed by atoms with Crippen molar-refractivity contribution in [2.75, 3.05) is 22.6 Å². The number of rotatable bonds is 5. The third kappa shape index (κ3) is 4.74. The maximum Gasteiger partial charge on any atom is 0.257 e. The monoisotopic (exact) mass is 526 g/mol. The second-order valence-corrected chi connectivity index (χ2v) is 9.51. The van der Waals surface area contributed by atoms with Gasteiger partial charge in [-0.3, -0.25) is 25.3 Å². The number of ether oxygens (including phenoxy) is 1. The molecule has 2 aromatic rings. The van der Waals surface area contributed by atoms with E-state index in [0.717, 1.165) is 28.4 Å². The normalized spacial score (nSPS) is 19.2. The molecule has 1 fully saturated rings. The van der Waals surface area contributed by atoms with Crippen molar-refractivity contribution >= 4 is 57.1 Å². The molecule has 0 spiro atoms. The number of carbonyl (C=O) groups is 2. The number of halogens is 1. The summed E-state index contributed by atoms with van der Waals surface area (Å²) in [6.45, 7) is 1.61. The molecule has 4 N–H and O–H groups in total. The van der Waals surface area contributed by atoms with E-state index < -0.39 is 0 Å². The number of carbonyl (C=O) groups excluding carboxylic acids is 2. The van der Waals surface area contributed by atoms with Crippen molar-refractivity contribution < 1.29 is 14.3 Å². The summed E-state index contributed by atoms with van der Waals surface area (Å²) in [4.78, 5) is 30.5. The van der Waals surface area contributed by atoms with Crippen LogP contribution in [0.5, 0.6) is 0 Å². The van der Waals surface area contributed by atoms with E-state index in [0.29, 0.717) is 48.4 Å². The summed E-state index contributed by atoms with van der Waals surface area (Å²) >= 11 is 3.44. The lowest BCUT2D eigenvalue weighted by molar-refractivity contribution is -0.105. The van der Waals surface area contributed by atoms with E-state index in [4.69, 9.17) is 15.6 Å². The summed E-state index contributed by atoms with van der Waals surface area (Å²) in [5.74, 6) is 0.606. The number of amidine groups is 2. The topological polar surface area (TPSA) is 131 Å². The fourth-order valence-corrected chi connectivity index (χ4v) is 4.88. The van der Waals surface area contributed by atoms with Gasteiger partial charge in [0.15, 0.2) is 0 Å². The van der Waals surface area contributed by atoms with Gasteiger partial charge in [-0.1, -0.05) is 0 Å².